The molecule has 128 valence electrons. The Morgan fingerprint density at radius 3 is 2.29 bits per heavy atom. The van der Waals surface area contributed by atoms with Crippen molar-refractivity contribution < 1.29 is 0 Å². The molecule has 1 aromatic carbocycles. The fourth-order valence-electron chi connectivity index (χ4n) is 2.95. The Kier molecular flexibility index (Phi) is 4.80. The Labute approximate surface area is 143 Å². The van der Waals surface area contributed by atoms with E-state index in [0.717, 1.165) is 32.0 Å². The third kappa shape index (κ3) is 3.56. The average molecular weight is 327 g/mol. The fourth-order valence-corrected chi connectivity index (χ4v) is 2.95. The highest BCUT2D eigenvalue weighted by molar-refractivity contribution is 5.46. The molecule has 0 saturated carbocycles. The molecule has 0 spiro atoms. The molecule has 1 saturated heterocycles. The largest absolute Gasteiger partial charge is 0.369 e. The van der Waals surface area contributed by atoms with E-state index in [9.17, 15) is 0 Å². The molecule has 3 rings (SSSR count). The summed E-state index contributed by atoms with van der Waals surface area (Å²) in [5, 5.41) is 0. The van der Waals surface area contributed by atoms with Gasteiger partial charge in [-0.2, -0.15) is 15.0 Å². The van der Waals surface area contributed by atoms with Crippen LogP contribution in [0.3, 0.4) is 0 Å². The lowest BCUT2D eigenvalue weighted by molar-refractivity contribution is 0.191. The average Bonchev–Trinajstić information content (AvgIpc) is 2.61. The van der Waals surface area contributed by atoms with Gasteiger partial charge in [-0.05, 0) is 19.1 Å². The maximum atomic E-state index is 5.85. The smallest absolute Gasteiger partial charge is 0.229 e. The predicted octanol–water partition coefficient (Wildman–Crippen LogP) is 1.40. The lowest BCUT2D eigenvalue weighted by Crippen LogP contribution is -2.47. The Balaban J connectivity index is 1.68. The molecule has 24 heavy (non-hydrogen) atoms. The standard InChI is InChI=1S/C17H25N7/c1-13(15-19-16(18)21-17(20-15)22(2)3)23-9-11-24(12-10-23)14-7-5-4-6-8-14/h4-8,13H,9-12H2,1-3H3,(H2,18,19,20,21)/t13-/m1/s1. The summed E-state index contributed by atoms with van der Waals surface area (Å²) in [5.41, 5.74) is 7.13. The van der Waals surface area contributed by atoms with Crippen LogP contribution >= 0.6 is 0 Å². The monoisotopic (exact) mass is 327 g/mol. The molecule has 0 radical (unpaired) electrons. The van der Waals surface area contributed by atoms with Crippen LogP contribution in [0.5, 0.6) is 0 Å². The molecule has 1 atom stereocenters. The van der Waals surface area contributed by atoms with Gasteiger partial charge in [-0.3, -0.25) is 4.90 Å². The van der Waals surface area contributed by atoms with E-state index in [4.69, 9.17) is 5.73 Å². The minimum absolute atomic E-state index is 0.118. The molecule has 0 amide bonds. The summed E-state index contributed by atoms with van der Waals surface area (Å²) >= 11 is 0. The number of nitrogens with zero attached hydrogens (tertiary/aromatic N) is 6. The third-order valence-corrected chi connectivity index (χ3v) is 4.42. The summed E-state index contributed by atoms with van der Waals surface area (Å²) < 4.78 is 0. The summed E-state index contributed by atoms with van der Waals surface area (Å²) in [6.07, 6.45) is 0. The molecule has 2 N–H and O–H groups in total. The molecule has 2 heterocycles. The highest BCUT2D eigenvalue weighted by atomic mass is 15.3. The second-order valence-corrected chi connectivity index (χ2v) is 6.28. The first kappa shape index (κ1) is 16.4. The lowest BCUT2D eigenvalue weighted by atomic mass is 10.2. The summed E-state index contributed by atoms with van der Waals surface area (Å²) in [4.78, 5) is 19.7. The molecule has 1 aliphatic rings. The zero-order valence-electron chi connectivity index (χ0n) is 14.6. The molecule has 7 heteroatoms. The van der Waals surface area contributed by atoms with Gasteiger partial charge in [-0.1, -0.05) is 18.2 Å². The van der Waals surface area contributed by atoms with Gasteiger partial charge in [-0.15, -0.1) is 0 Å². The molecule has 0 aliphatic carbocycles. The van der Waals surface area contributed by atoms with E-state index in [1.54, 1.807) is 0 Å². The maximum Gasteiger partial charge on any atom is 0.229 e. The van der Waals surface area contributed by atoms with Crippen LogP contribution in [0.2, 0.25) is 0 Å². The van der Waals surface area contributed by atoms with E-state index >= 15 is 0 Å². The van der Waals surface area contributed by atoms with E-state index in [1.165, 1.54) is 5.69 Å². The zero-order valence-corrected chi connectivity index (χ0v) is 14.6. The van der Waals surface area contributed by atoms with E-state index in [2.05, 4.69) is 62.0 Å². The van der Waals surface area contributed by atoms with Crippen LogP contribution in [0, 0.1) is 0 Å². The summed E-state index contributed by atoms with van der Waals surface area (Å²) in [7, 11) is 3.81. The minimum Gasteiger partial charge on any atom is -0.369 e. The maximum absolute atomic E-state index is 5.85. The first-order valence-electron chi connectivity index (χ1n) is 8.27. The Bertz CT molecular complexity index is 666. The number of anilines is 3. The molecule has 1 aliphatic heterocycles. The lowest BCUT2D eigenvalue weighted by Gasteiger charge is -2.38. The van der Waals surface area contributed by atoms with Crippen LogP contribution in [0.15, 0.2) is 30.3 Å². The van der Waals surface area contributed by atoms with Crippen molar-refractivity contribution in [2.45, 2.75) is 13.0 Å². The van der Waals surface area contributed by atoms with E-state index in [0.29, 0.717) is 5.95 Å². The Morgan fingerprint density at radius 2 is 1.67 bits per heavy atom. The van der Waals surface area contributed by atoms with E-state index in [1.807, 2.05) is 19.0 Å². The van der Waals surface area contributed by atoms with Crippen LogP contribution < -0.4 is 15.5 Å². The molecule has 0 unspecified atom stereocenters. The van der Waals surface area contributed by atoms with Crippen LogP contribution in [-0.2, 0) is 0 Å². The molecule has 1 fully saturated rings. The van der Waals surface area contributed by atoms with Crippen molar-refractivity contribution in [2.24, 2.45) is 0 Å². The van der Waals surface area contributed by atoms with E-state index in [-0.39, 0.29) is 12.0 Å². The normalized spacial score (nSPS) is 16.9. The topological polar surface area (TPSA) is 74.4 Å². The van der Waals surface area contributed by atoms with Gasteiger partial charge in [0, 0.05) is 46.0 Å². The molecule has 7 nitrogen and oxygen atoms in total. The summed E-state index contributed by atoms with van der Waals surface area (Å²) in [6.45, 7) is 6.06. The number of hydrogen-bond donors (Lipinski definition) is 1. The predicted molar refractivity (Wildman–Crippen MR) is 97.2 cm³/mol. The number of rotatable bonds is 4. The van der Waals surface area contributed by atoms with Gasteiger partial charge in [0.05, 0.1) is 6.04 Å². The number of hydrogen-bond acceptors (Lipinski definition) is 7. The van der Waals surface area contributed by atoms with Gasteiger partial charge >= 0.3 is 0 Å². The second-order valence-electron chi connectivity index (χ2n) is 6.28. The molecule has 2 aromatic rings. The number of piperazine rings is 1. The van der Waals surface area contributed by atoms with Gasteiger partial charge in [-0.25, -0.2) is 0 Å². The van der Waals surface area contributed by atoms with Gasteiger partial charge in [0.1, 0.15) is 0 Å². The second kappa shape index (κ2) is 7.00. The number of aromatic nitrogens is 3. The van der Waals surface area contributed by atoms with Gasteiger partial charge < -0.3 is 15.5 Å². The minimum atomic E-state index is 0.118. The van der Waals surface area contributed by atoms with Crippen LogP contribution in [0.4, 0.5) is 17.6 Å². The van der Waals surface area contributed by atoms with Crippen molar-refractivity contribution in [3.63, 3.8) is 0 Å². The van der Waals surface area contributed by atoms with E-state index < -0.39 is 0 Å². The summed E-state index contributed by atoms with van der Waals surface area (Å²) in [6, 6.07) is 10.7. The van der Waals surface area contributed by atoms with Gasteiger partial charge in [0.25, 0.3) is 0 Å². The number of benzene rings is 1. The van der Waals surface area contributed by atoms with Crippen molar-refractivity contribution in [3.8, 4) is 0 Å². The van der Waals surface area contributed by atoms with Crippen molar-refractivity contribution >= 4 is 17.6 Å². The molecular weight excluding hydrogens is 302 g/mol. The van der Waals surface area contributed by atoms with Gasteiger partial charge in [0.2, 0.25) is 11.9 Å². The SMILES string of the molecule is C[C@H](c1nc(N)nc(N(C)C)n1)N1CCN(c2ccccc2)CC1. The van der Waals surface area contributed by atoms with Crippen molar-refractivity contribution in [1.29, 1.82) is 0 Å². The molecule has 1 aromatic heterocycles. The van der Waals surface area contributed by atoms with Crippen LogP contribution in [-0.4, -0.2) is 60.1 Å². The molecular formula is C17H25N7. The van der Waals surface area contributed by atoms with Crippen molar-refractivity contribution in [1.82, 2.24) is 19.9 Å². The summed E-state index contributed by atoms with van der Waals surface area (Å²) in [5.74, 6) is 1.62. The zero-order chi connectivity index (χ0) is 17.1. The highest BCUT2D eigenvalue weighted by Gasteiger charge is 2.24. The Morgan fingerprint density at radius 1 is 1.00 bits per heavy atom. The Hall–Kier alpha value is -2.41. The van der Waals surface area contributed by atoms with Crippen LogP contribution in [0.25, 0.3) is 0 Å². The number of nitrogens with two attached hydrogens (primary N) is 1. The van der Waals surface area contributed by atoms with Crippen LogP contribution in [0.1, 0.15) is 18.8 Å². The van der Waals surface area contributed by atoms with Gasteiger partial charge in [0.15, 0.2) is 5.82 Å². The third-order valence-electron chi connectivity index (χ3n) is 4.42. The number of nitrogen functional groups attached to an aromatic ring is 1. The number of para-hydroxylation sites is 1. The van der Waals surface area contributed by atoms with Crippen molar-refractivity contribution in [2.75, 3.05) is 55.8 Å². The fraction of sp³-hybridized carbons (Fsp3) is 0.471. The quantitative estimate of drug-likeness (QED) is 0.910. The van der Waals surface area contributed by atoms with Crippen molar-refractivity contribution in [3.05, 3.63) is 36.2 Å². The first-order valence-corrected chi connectivity index (χ1v) is 8.27. The highest BCUT2D eigenvalue weighted by Crippen LogP contribution is 2.22. The molecule has 0 bridgehead atoms. The first-order chi connectivity index (χ1) is 11.5.